The molecule has 2 fully saturated rings. The van der Waals surface area contributed by atoms with Crippen molar-refractivity contribution in [3.8, 4) is 0 Å². The van der Waals surface area contributed by atoms with Crippen LogP contribution in [-0.2, 0) is 11.2 Å². The van der Waals surface area contributed by atoms with E-state index in [0.29, 0.717) is 17.7 Å². The number of carbonyl (C=O) groups is 1. The molecule has 0 unspecified atom stereocenters. The Hall–Kier alpha value is -2.44. The average molecular weight is 368 g/mol. The van der Waals surface area contributed by atoms with Gasteiger partial charge < -0.3 is 10.2 Å². The first-order chi connectivity index (χ1) is 13.1. The molecule has 1 aliphatic heterocycles. The number of rotatable bonds is 5. The van der Waals surface area contributed by atoms with Gasteiger partial charge in [-0.3, -0.25) is 9.89 Å². The first-order valence-electron chi connectivity index (χ1n) is 9.99. The van der Waals surface area contributed by atoms with Crippen molar-refractivity contribution in [3.05, 3.63) is 29.3 Å². The van der Waals surface area contributed by atoms with Gasteiger partial charge in [0, 0.05) is 42.5 Å². The van der Waals surface area contributed by atoms with Crippen LogP contribution in [0.5, 0.6) is 0 Å². The molecule has 7 heteroatoms. The van der Waals surface area contributed by atoms with Gasteiger partial charge in [0.15, 0.2) is 5.82 Å². The van der Waals surface area contributed by atoms with Gasteiger partial charge in [0.25, 0.3) is 0 Å². The minimum atomic E-state index is 0.311. The second-order valence-electron chi connectivity index (χ2n) is 7.95. The molecular formula is C20H28N6O. The van der Waals surface area contributed by atoms with Crippen molar-refractivity contribution in [2.24, 2.45) is 11.8 Å². The lowest BCUT2D eigenvalue weighted by molar-refractivity contribution is -0.139. The summed E-state index contributed by atoms with van der Waals surface area (Å²) in [4.78, 5) is 23.6. The Balaban J connectivity index is 1.34. The number of piperidine rings is 1. The Morgan fingerprint density at radius 3 is 2.56 bits per heavy atom. The van der Waals surface area contributed by atoms with Gasteiger partial charge in [-0.2, -0.15) is 5.10 Å². The van der Waals surface area contributed by atoms with E-state index in [1.807, 2.05) is 26.0 Å². The van der Waals surface area contributed by atoms with E-state index in [2.05, 4.69) is 30.4 Å². The number of carbonyl (C=O) groups excluding carboxylic acids is 1. The predicted molar refractivity (Wildman–Crippen MR) is 104 cm³/mol. The van der Waals surface area contributed by atoms with Crippen molar-refractivity contribution < 1.29 is 4.79 Å². The Labute approximate surface area is 160 Å². The van der Waals surface area contributed by atoms with Gasteiger partial charge in [0.1, 0.15) is 11.6 Å². The fraction of sp³-hybridized carbons (Fsp3) is 0.600. The maximum Gasteiger partial charge on any atom is 0.225 e. The summed E-state index contributed by atoms with van der Waals surface area (Å²) in [5.41, 5.74) is 2.06. The van der Waals surface area contributed by atoms with Gasteiger partial charge in [0.05, 0.1) is 0 Å². The molecule has 4 rings (SSSR count). The van der Waals surface area contributed by atoms with Gasteiger partial charge in [-0.25, -0.2) is 9.97 Å². The number of H-pyrrole nitrogens is 1. The Morgan fingerprint density at radius 2 is 1.93 bits per heavy atom. The van der Waals surface area contributed by atoms with Crippen molar-refractivity contribution in [2.45, 2.75) is 52.4 Å². The molecule has 2 aliphatic rings. The number of aromatic amines is 1. The average Bonchev–Trinajstić information content (AvgIpc) is 2.98. The van der Waals surface area contributed by atoms with Crippen LogP contribution in [0.25, 0.3) is 0 Å². The minimum Gasteiger partial charge on any atom is -0.342 e. The molecule has 1 saturated heterocycles. The Kier molecular flexibility index (Phi) is 5.09. The lowest BCUT2D eigenvalue weighted by Gasteiger charge is -2.36. The zero-order chi connectivity index (χ0) is 18.8. The molecule has 0 radical (unpaired) electrons. The van der Waals surface area contributed by atoms with Gasteiger partial charge in [-0.05, 0) is 51.9 Å². The maximum atomic E-state index is 12.4. The largest absolute Gasteiger partial charge is 0.342 e. The number of hydrogen-bond donors (Lipinski definition) is 2. The second kappa shape index (κ2) is 7.66. The van der Waals surface area contributed by atoms with Crippen LogP contribution in [0.2, 0.25) is 0 Å². The molecule has 3 heterocycles. The van der Waals surface area contributed by atoms with E-state index in [4.69, 9.17) is 0 Å². The van der Waals surface area contributed by atoms with E-state index in [9.17, 15) is 4.79 Å². The number of hydrogen-bond acceptors (Lipinski definition) is 5. The van der Waals surface area contributed by atoms with Crippen molar-refractivity contribution >= 4 is 17.5 Å². The molecule has 27 heavy (non-hydrogen) atoms. The maximum absolute atomic E-state index is 12.4. The van der Waals surface area contributed by atoms with Crippen LogP contribution in [-0.4, -0.2) is 44.1 Å². The number of nitrogens with zero attached hydrogens (tertiary/aromatic N) is 4. The summed E-state index contributed by atoms with van der Waals surface area (Å²) in [5, 5.41) is 10.4. The minimum absolute atomic E-state index is 0.311. The summed E-state index contributed by atoms with van der Waals surface area (Å²) in [5.74, 6) is 3.58. The predicted octanol–water partition coefficient (Wildman–Crippen LogP) is 3.14. The van der Waals surface area contributed by atoms with Crippen LogP contribution < -0.4 is 5.32 Å². The molecule has 0 atom stereocenters. The van der Waals surface area contributed by atoms with E-state index in [0.717, 1.165) is 74.0 Å². The molecule has 2 aromatic rings. The van der Waals surface area contributed by atoms with Gasteiger partial charge in [0.2, 0.25) is 5.91 Å². The summed E-state index contributed by atoms with van der Waals surface area (Å²) in [6, 6.07) is 3.97. The van der Waals surface area contributed by atoms with Crippen LogP contribution in [0.15, 0.2) is 12.1 Å². The first-order valence-corrected chi connectivity index (χ1v) is 9.99. The third kappa shape index (κ3) is 4.28. The summed E-state index contributed by atoms with van der Waals surface area (Å²) >= 11 is 0. The highest BCUT2D eigenvalue weighted by Crippen LogP contribution is 2.30. The first kappa shape index (κ1) is 17.9. The molecule has 2 aromatic heterocycles. The SMILES string of the molecule is Cc1nc(CC2CCN(C(=O)C3CCC3)CC2)cc(Nc2cc(C)[nH]n2)n1. The number of amides is 1. The van der Waals surface area contributed by atoms with Crippen molar-refractivity contribution in [3.63, 3.8) is 0 Å². The highest BCUT2D eigenvalue weighted by molar-refractivity contribution is 5.79. The highest BCUT2D eigenvalue weighted by Gasteiger charge is 2.31. The third-order valence-corrected chi connectivity index (χ3v) is 5.73. The number of likely N-dealkylation sites (tertiary alicyclic amines) is 1. The van der Waals surface area contributed by atoms with E-state index in [1.165, 1.54) is 6.42 Å². The molecule has 144 valence electrons. The lowest BCUT2D eigenvalue weighted by atomic mass is 9.83. The number of nitrogens with one attached hydrogen (secondary N) is 2. The molecule has 0 spiro atoms. The van der Waals surface area contributed by atoms with Gasteiger partial charge >= 0.3 is 0 Å². The zero-order valence-corrected chi connectivity index (χ0v) is 16.2. The monoisotopic (exact) mass is 368 g/mol. The number of aromatic nitrogens is 4. The molecule has 0 bridgehead atoms. The smallest absolute Gasteiger partial charge is 0.225 e. The van der Waals surface area contributed by atoms with Gasteiger partial charge in [-0.15, -0.1) is 0 Å². The lowest BCUT2D eigenvalue weighted by Crippen LogP contribution is -2.43. The topological polar surface area (TPSA) is 86.8 Å². The van der Waals surface area contributed by atoms with E-state index >= 15 is 0 Å². The quantitative estimate of drug-likeness (QED) is 0.847. The summed E-state index contributed by atoms with van der Waals surface area (Å²) in [6.07, 6.45) is 6.44. The highest BCUT2D eigenvalue weighted by atomic mass is 16.2. The van der Waals surface area contributed by atoms with Gasteiger partial charge in [-0.1, -0.05) is 6.42 Å². The van der Waals surface area contributed by atoms with Crippen LogP contribution in [0.3, 0.4) is 0 Å². The van der Waals surface area contributed by atoms with Crippen molar-refractivity contribution in [1.29, 1.82) is 0 Å². The van der Waals surface area contributed by atoms with Crippen molar-refractivity contribution in [2.75, 3.05) is 18.4 Å². The number of aryl methyl sites for hydroxylation is 2. The van der Waals surface area contributed by atoms with Crippen LogP contribution in [0, 0.1) is 25.7 Å². The fourth-order valence-corrected chi connectivity index (χ4v) is 3.98. The van der Waals surface area contributed by atoms with E-state index < -0.39 is 0 Å². The molecule has 0 aromatic carbocycles. The molecule has 1 amide bonds. The zero-order valence-electron chi connectivity index (χ0n) is 16.2. The van der Waals surface area contributed by atoms with E-state index in [1.54, 1.807) is 0 Å². The summed E-state index contributed by atoms with van der Waals surface area (Å²) in [6.45, 7) is 5.67. The second-order valence-corrected chi connectivity index (χ2v) is 7.95. The van der Waals surface area contributed by atoms with E-state index in [-0.39, 0.29) is 0 Å². The van der Waals surface area contributed by atoms with Crippen LogP contribution in [0.4, 0.5) is 11.6 Å². The third-order valence-electron chi connectivity index (χ3n) is 5.73. The molecule has 1 aliphatic carbocycles. The van der Waals surface area contributed by atoms with Crippen LogP contribution >= 0.6 is 0 Å². The summed E-state index contributed by atoms with van der Waals surface area (Å²) < 4.78 is 0. The summed E-state index contributed by atoms with van der Waals surface area (Å²) in [7, 11) is 0. The standard InChI is InChI=1S/C20H28N6O/c1-13-10-19(25-24-13)23-18-12-17(21-14(2)22-18)11-15-6-8-26(9-7-15)20(27)16-4-3-5-16/h10,12,15-16H,3-9,11H2,1-2H3,(H2,21,22,23,24,25). The molecule has 2 N–H and O–H groups in total. The van der Waals surface area contributed by atoms with Crippen molar-refractivity contribution in [1.82, 2.24) is 25.1 Å². The molecule has 7 nitrogen and oxygen atoms in total. The molecule has 1 saturated carbocycles. The normalized spacial score (nSPS) is 18.4. The Morgan fingerprint density at radius 1 is 1.15 bits per heavy atom. The number of anilines is 2. The van der Waals surface area contributed by atoms with Crippen LogP contribution in [0.1, 0.15) is 49.3 Å². The molecular weight excluding hydrogens is 340 g/mol. The fourth-order valence-electron chi connectivity index (χ4n) is 3.98. The Bertz CT molecular complexity index is 805.